The number of carbonyl (C=O) groups excluding carboxylic acids is 1. The lowest BCUT2D eigenvalue weighted by molar-refractivity contribution is -0.161. The number of allylic oxidation sites excluding steroid dienone is 1. The predicted molar refractivity (Wildman–Crippen MR) is 95.8 cm³/mol. The second kappa shape index (κ2) is 10.5. The van der Waals surface area contributed by atoms with Crippen LogP contribution in [0.15, 0.2) is 11.6 Å². The Morgan fingerprint density at radius 3 is 2.12 bits per heavy atom. The zero-order chi connectivity index (χ0) is 18.0. The van der Waals surface area contributed by atoms with Crippen LogP contribution in [-0.2, 0) is 14.3 Å². The van der Waals surface area contributed by atoms with Crippen molar-refractivity contribution in [3.05, 3.63) is 11.6 Å². The van der Waals surface area contributed by atoms with Crippen LogP contribution < -0.4 is 0 Å². The Balaban J connectivity index is 2.87. The van der Waals surface area contributed by atoms with Crippen LogP contribution in [0.5, 0.6) is 0 Å². The molecular weight excluding hydrogens is 304 g/mol. The third kappa shape index (κ3) is 9.09. The lowest BCUT2D eigenvalue weighted by Crippen LogP contribution is -2.31. The van der Waals surface area contributed by atoms with Crippen LogP contribution in [0.2, 0.25) is 0 Å². The molecule has 0 aromatic rings. The zero-order valence-corrected chi connectivity index (χ0v) is 15.6. The van der Waals surface area contributed by atoms with Gasteiger partial charge in [-0.15, -0.1) is 0 Å². The molecule has 1 atom stereocenters. The summed E-state index contributed by atoms with van der Waals surface area (Å²) in [6.07, 6.45) is 13.2. The maximum Gasteiger partial charge on any atom is 0.314 e. The molecule has 0 saturated carbocycles. The number of esters is 1. The molecule has 0 fully saturated rings. The Hall–Kier alpha value is -1.32. The van der Waals surface area contributed by atoms with Crippen molar-refractivity contribution in [1.29, 1.82) is 0 Å². The molecule has 138 valence electrons. The van der Waals surface area contributed by atoms with Gasteiger partial charge in [0, 0.05) is 0 Å². The molecule has 0 heterocycles. The lowest BCUT2D eigenvalue weighted by Gasteiger charge is -2.25. The SMILES string of the molecule is CC(C)(C)OC(=O)C(CC(=O)O)C1=CCCCCCCCCCC1. The fraction of sp³-hybridized carbons (Fsp3) is 0.800. The van der Waals surface area contributed by atoms with Gasteiger partial charge in [0.15, 0.2) is 0 Å². The van der Waals surface area contributed by atoms with Gasteiger partial charge in [-0.05, 0) is 46.5 Å². The smallest absolute Gasteiger partial charge is 0.314 e. The number of aliphatic carboxylic acids is 1. The summed E-state index contributed by atoms with van der Waals surface area (Å²) in [4.78, 5) is 23.8. The average molecular weight is 338 g/mol. The Kier molecular flexibility index (Phi) is 9.09. The third-order valence-electron chi connectivity index (χ3n) is 4.34. The van der Waals surface area contributed by atoms with Crippen molar-refractivity contribution in [2.45, 2.75) is 97.0 Å². The zero-order valence-electron chi connectivity index (χ0n) is 15.6. The van der Waals surface area contributed by atoms with Crippen LogP contribution in [0.4, 0.5) is 0 Å². The first-order valence-electron chi connectivity index (χ1n) is 9.43. The van der Waals surface area contributed by atoms with Gasteiger partial charge in [0.05, 0.1) is 12.3 Å². The lowest BCUT2D eigenvalue weighted by atomic mass is 9.89. The quantitative estimate of drug-likeness (QED) is 0.561. The van der Waals surface area contributed by atoms with E-state index in [1.54, 1.807) is 0 Å². The molecule has 0 aliphatic heterocycles. The van der Waals surface area contributed by atoms with E-state index < -0.39 is 23.5 Å². The Morgan fingerprint density at radius 2 is 1.58 bits per heavy atom. The van der Waals surface area contributed by atoms with E-state index in [2.05, 4.69) is 6.08 Å². The normalized spacial score (nSPS) is 19.4. The highest BCUT2D eigenvalue weighted by atomic mass is 16.6. The first-order valence-corrected chi connectivity index (χ1v) is 9.43. The van der Waals surface area contributed by atoms with E-state index in [4.69, 9.17) is 4.74 Å². The molecular formula is C20H34O4. The maximum atomic E-state index is 12.5. The molecule has 0 aromatic heterocycles. The molecule has 0 spiro atoms. The largest absolute Gasteiger partial charge is 0.481 e. The Labute approximate surface area is 146 Å². The van der Waals surface area contributed by atoms with Gasteiger partial charge in [0.2, 0.25) is 0 Å². The fourth-order valence-corrected chi connectivity index (χ4v) is 3.15. The van der Waals surface area contributed by atoms with Crippen molar-refractivity contribution in [1.82, 2.24) is 0 Å². The summed E-state index contributed by atoms with van der Waals surface area (Å²) < 4.78 is 5.48. The van der Waals surface area contributed by atoms with E-state index in [0.29, 0.717) is 0 Å². The minimum Gasteiger partial charge on any atom is -0.481 e. The summed E-state index contributed by atoms with van der Waals surface area (Å²) in [6, 6.07) is 0. The fourth-order valence-electron chi connectivity index (χ4n) is 3.15. The minimum atomic E-state index is -0.946. The van der Waals surface area contributed by atoms with Gasteiger partial charge in [-0.1, -0.05) is 50.2 Å². The molecule has 1 rings (SSSR count). The molecule has 24 heavy (non-hydrogen) atoms. The van der Waals surface area contributed by atoms with Gasteiger partial charge in [-0.3, -0.25) is 9.59 Å². The molecule has 1 aliphatic carbocycles. The van der Waals surface area contributed by atoms with E-state index in [1.165, 1.54) is 32.1 Å². The van der Waals surface area contributed by atoms with Crippen LogP contribution in [0, 0.1) is 5.92 Å². The summed E-state index contributed by atoms with van der Waals surface area (Å²) >= 11 is 0. The summed E-state index contributed by atoms with van der Waals surface area (Å²) in [5.41, 5.74) is 0.368. The van der Waals surface area contributed by atoms with Gasteiger partial charge in [0.1, 0.15) is 5.60 Å². The van der Waals surface area contributed by atoms with Gasteiger partial charge < -0.3 is 9.84 Å². The van der Waals surface area contributed by atoms with Crippen molar-refractivity contribution in [3.8, 4) is 0 Å². The molecule has 0 bridgehead atoms. The van der Waals surface area contributed by atoms with E-state index >= 15 is 0 Å². The first-order chi connectivity index (χ1) is 11.3. The average Bonchev–Trinajstić information content (AvgIpc) is 2.43. The number of ether oxygens (including phenoxy) is 1. The molecule has 0 saturated heterocycles. The van der Waals surface area contributed by atoms with Gasteiger partial charge in [-0.2, -0.15) is 0 Å². The summed E-state index contributed by atoms with van der Waals surface area (Å²) in [7, 11) is 0. The van der Waals surface area contributed by atoms with Crippen molar-refractivity contribution in [2.24, 2.45) is 5.92 Å². The minimum absolute atomic E-state index is 0.180. The number of carboxylic acids is 1. The first kappa shape index (κ1) is 20.7. The van der Waals surface area contributed by atoms with Crippen LogP contribution in [0.1, 0.15) is 91.4 Å². The van der Waals surface area contributed by atoms with Gasteiger partial charge in [0.25, 0.3) is 0 Å². The van der Waals surface area contributed by atoms with E-state index in [-0.39, 0.29) is 6.42 Å². The van der Waals surface area contributed by atoms with Crippen molar-refractivity contribution >= 4 is 11.9 Å². The molecule has 0 amide bonds. The third-order valence-corrected chi connectivity index (χ3v) is 4.34. The molecule has 4 nitrogen and oxygen atoms in total. The molecule has 0 aromatic carbocycles. The number of rotatable bonds is 4. The highest BCUT2D eigenvalue weighted by molar-refractivity contribution is 5.82. The van der Waals surface area contributed by atoms with E-state index in [1.807, 2.05) is 20.8 Å². The molecule has 4 heteroatoms. The van der Waals surface area contributed by atoms with Gasteiger partial charge in [-0.25, -0.2) is 0 Å². The number of carboxylic acid groups (broad SMARTS) is 1. The molecule has 0 radical (unpaired) electrons. The van der Waals surface area contributed by atoms with Crippen LogP contribution >= 0.6 is 0 Å². The molecule has 1 aliphatic rings. The molecule has 1 N–H and O–H groups in total. The maximum absolute atomic E-state index is 12.5. The number of carbonyl (C=O) groups is 2. The van der Waals surface area contributed by atoms with Gasteiger partial charge >= 0.3 is 11.9 Å². The second-order valence-electron chi connectivity index (χ2n) is 7.83. The van der Waals surface area contributed by atoms with Crippen LogP contribution in [-0.4, -0.2) is 22.6 Å². The van der Waals surface area contributed by atoms with E-state index in [0.717, 1.165) is 37.7 Å². The summed E-state index contributed by atoms with van der Waals surface area (Å²) in [6.45, 7) is 5.45. The van der Waals surface area contributed by atoms with Crippen LogP contribution in [0.3, 0.4) is 0 Å². The standard InChI is InChI=1S/C20H34O4/c1-20(2,3)24-19(23)17(15-18(21)22)16-13-11-9-7-5-4-6-8-10-12-14-16/h13,17H,4-12,14-15H2,1-3H3,(H,21,22). The number of hydrogen-bond donors (Lipinski definition) is 1. The van der Waals surface area contributed by atoms with Crippen LogP contribution in [0.25, 0.3) is 0 Å². The van der Waals surface area contributed by atoms with E-state index in [9.17, 15) is 14.7 Å². The summed E-state index contributed by atoms with van der Waals surface area (Å²) in [5.74, 6) is -1.99. The number of hydrogen-bond acceptors (Lipinski definition) is 3. The molecule has 1 unspecified atom stereocenters. The highest BCUT2D eigenvalue weighted by Gasteiger charge is 2.30. The Bertz CT molecular complexity index is 431. The topological polar surface area (TPSA) is 63.6 Å². The summed E-state index contributed by atoms with van der Waals surface area (Å²) in [5, 5.41) is 9.24. The monoisotopic (exact) mass is 338 g/mol. The highest BCUT2D eigenvalue weighted by Crippen LogP contribution is 2.27. The predicted octanol–water partition coefficient (Wildman–Crippen LogP) is 5.26. The van der Waals surface area contributed by atoms with Crippen molar-refractivity contribution in [2.75, 3.05) is 0 Å². The second-order valence-corrected chi connectivity index (χ2v) is 7.83. The van der Waals surface area contributed by atoms with Crippen molar-refractivity contribution in [3.63, 3.8) is 0 Å². The Morgan fingerprint density at radius 1 is 1.04 bits per heavy atom. The van der Waals surface area contributed by atoms with Crippen molar-refractivity contribution < 1.29 is 19.4 Å².